The molecule has 0 N–H and O–H groups in total. The summed E-state index contributed by atoms with van der Waals surface area (Å²) in [6.45, 7) is 3.22. The summed E-state index contributed by atoms with van der Waals surface area (Å²) < 4.78 is 4.14. The van der Waals surface area contributed by atoms with Crippen molar-refractivity contribution in [3.63, 3.8) is 0 Å². The molecule has 3 rings (SSSR count). The normalized spacial score (nSPS) is 21.0. The van der Waals surface area contributed by atoms with Crippen molar-refractivity contribution >= 4 is 33.1 Å². The van der Waals surface area contributed by atoms with Crippen LogP contribution in [-0.2, 0) is 0 Å². The van der Waals surface area contributed by atoms with Gasteiger partial charge in [-0.25, -0.2) is 0 Å². The second-order valence-corrected chi connectivity index (χ2v) is 11.0. The van der Waals surface area contributed by atoms with Gasteiger partial charge in [0.05, 0.1) is 0 Å². The molecule has 0 nitrogen and oxygen atoms in total. The predicted octanol–water partition coefficient (Wildman–Crippen LogP) is 6.87. The monoisotopic (exact) mass is 438 g/mol. The van der Waals surface area contributed by atoms with Gasteiger partial charge in [-0.1, -0.05) is 0 Å². The number of hydrogen-bond acceptors (Lipinski definition) is 0. The van der Waals surface area contributed by atoms with Gasteiger partial charge < -0.3 is 0 Å². The quantitative estimate of drug-likeness (QED) is 0.427. The van der Waals surface area contributed by atoms with E-state index in [2.05, 4.69) is 41.4 Å². The third kappa shape index (κ3) is 4.92. The summed E-state index contributed by atoms with van der Waals surface area (Å²) in [6.07, 6.45) is 14.8. The molecule has 2 saturated carbocycles. The van der Waals surface area contributed by atoms with Gasteiger partial charge in [0, 0.05) is 0 Å². The Morgan fingerprint density at radius 2 is 1.46 bits per heavy atom. The molecule has 0 amide bonds. The summed E-state index contributed by atoms with van der Waals surface area (Å²) in [6, 6.07) is 11.4. The van der Waals surface area contributed by atoms with E-state index >= 15 is 0 Å². The van der Waals surface area contributed by atoms with Gasteiger partial charge >= 0.3 is 160 Å². The van der Waals surface area contributed by atoms with Crippen molar-refractivity contribution in [1.29, 1.82) is 0 Å². The van der Waals surface area contributed by atoms with Crippen molar-refractivity contribution in [2.75, 3.05) is 0 Å². The van der Waals surface area contributed by atoms with E-state index in [0.717, 1.165) is 18.3 Å². The van der Waals surface area contributed by atoms with Gasteiger partial charge in [-0.3, -0.25) is 0 Å². The molecular formula is C22H33BTe. The molecule has 0 saturated heterocycles. The van der Waals surface area contributed by atoms with Crippen molar-refractivity contribution in [2.24, 2.45) is 0 Å². The third-order valence-electron chi connectivity index (χ3n) is 6.16. The average molecular weight is 436 g/mol. The van der Waals surface area contributed by atoms with Crippen LogP contribution in [0, 0.1) is 0 Å². The summed E-state index contributed by atoms with van der Waals surface area (Å²) in [5.74, 6) is 1.91. The summed E-state index contributed by atoms with van der Waals surface area (Å²) in [5, 5.41) is 0. The molecule has 0 bridgehead atoms. The zero-order chi connectivity index (χ0) is 16.6. The minimum atomic E-state index is 0.0365. The van der Waals surface area contributed by atoms with E-state index in [0.29, 0.717) is 0 Å². The second-order valence-electron chi connectivity index (χ2n) is 7.72. The molecule has 0 atom stereocenters. The minimum absolute atomic E-state index is 0.0365. The topological polar surface area (TPSA) is 0 Å². The van der Waals surface area contributed by atoms with Crippen LogP contribution in [0.2, 0.25) is 16.1 Å². The maximum absolute atomic E-state index is 2.74. The Balaban J connectivity index is 1.92. The zero-order valence-electron chi connectivity index (χ0n) is 15.4. The molecule has 24 heavy (non-hydrogen) atoms. The van der Waals surface area contributed by atoms with Crippen molar-refractivity contribution in [3.05, 3.63) is 40.0 Å². The number of hydrogen-bond donors (Lipinski definition) is 0. The Hall–Kier alpha value is -0.185. The van der Waals surface area contributed by atoms with E-state index in [-0.39, 0.29) is 20.9 Å². The first-order chi connectivity index (χ1) is 11.9. The molecule has 2 heteroatoms. The molecule has 2 aliphatic carbocycles. The van der Waals surface area contributed by atoms with Crippen LogP contribution in [0.25, 0.3) is 5.47 Å². The van der Waals surface area contributed by atoms with E-state index in [4.69, 9.17) is 0 Å². The van der Waals surface area contributed by atoms with E-state index in [1.54, 1.807) is 5.47 Å². The molecule has 0 heterocycles. The maximum atomic E-state index is 2.74. The van der Waals surface area contributed by atoms with Crippen molar-refractivity contribution in [1.82, 2.24) is 0 Å². The van der Waals surface area contributed by atoms with Crippen molar-refractivity contribution < 1.29 is 0 Å². The fourth-order valence-corrected chi connectivity index (χ4v) is 6.85. The van der Waals surface area contributed by atoms with Crippen LogP contribution in [-0.4, -0.2) is 27.6 Å². The fourth-order valence-electron chi connectivity index (χ4n) is 5.02. The van der Waals surface area contributed by atoms with Crippen molar-refractivity contribution in [2.45, 2.75) is 87.2 Å². The van der Waals surface area contributed by atoms with E-state index in [9.17, 15) is 0 Å². The average Bonchev–Trinajstić information content (AvgIpc) is 2.67. The summed E-state index contributed by atoms with van der Waals surface area (Å²) in [4.78, 5) is 0. The fraction of sp³-hybridized carbons (Fsp3) is 0.636. The Morgan fingerprint density at radius 3 is 1.96 bits per heavy atom. The number of rotatable bonds is 6. The molecule has 1 aromatic rings. The molecule has 1 aromatic carbocycles. The Labute approximate surface area is 160 Å². The van der Waals surface area contributed by atoms with Crippen LogP contribution < -0.4 is 0 Å². The van der Waals surface area contributed by atoms with Crippen LogP contribution in [0.4, 0.5) is 0 Å². The Bertz CT molecular complexity index is 480. The first-order valence-corrected chi connectivity index (χ1v) is 13.3. The molecule has 2 fully saturated rings. The molecule has 2 aliphatic rings. The van der Waals surface area contributed by atoms with Gasteiger partial charge in [-0.2, -0.15) is 0 Å². The van der Waals surface area contributed by atoms with Crippen LogP contribution >= 0.6 is 0 Å². The van der Waals surface area contributed by atoms with Crippen LogP contribution in [0.15, 0.2) is 34.5 Å². The second kappa shape index (κ2) is 10.1. The van der Waals surface area contributed by atoms with Crippen LogP contribution in [0.3, 0.4) is 0 Å². The molecule has 0 radical (unpaired) electrons. The first kappa shape index (κ1) is 18.6. The van der Waals surface area contributed by atoms with E-state index < -0.39 is 0 Å². The van der Waals surface area contributed by atoms with Gasteiger partial charge in [0.2, 0.25) is 0 Å². The Kier molecular flexibility index (Phi) is 7.81. The number of benzene rings is 1. The SMILES string of the molecule is CC[Te]/C=C(/B(C1CCCCC1)C1CCCCC1)c1ccccc1. The van der Waals surface area contributed by atoms with Gasteiger partial charge in [0.25, 0.3) is 0 Å². The van der Waals surface area contributed by atoms with Crippen molar-refractivity contribution in [3.8, 4) is 0 Å². The molecule has 130 valence electrons. The van der Waals surface area contributed by atoms with Crippen LogP contribution in [0.1, 0.15) is 76.7 Å². The Morgan fingerprint density at radius 1 is 0.917 bits per heavy atom. The molecule has 0 aliphatic heterocycles. The van der Waals surface area contributed by atoms with E-state index in [1.807, 2.05) is 0 Å². The van der Waals surface area contributed by atoms with Gasteiger partial charge in [0.15, 0.2) is 0 Å². The third-order valence-corrected chi connectivity index (χ3v) is 8.31. The van der Waals surface area contributed by atoms with Gasteiger partial charge in [0.1, 0.15) is 0 Å². The first-order valence-electron chi connectivity index (χ1n) is 10.3. The van der Waals surface area contributed by atoms with Gasteiger partial charge in [-0.15, -0.1) is 0 Å². The molecule has 0 unspecified atom stereocenters. The standard InChI is InChI=1S/C22H33BTe/c1-2-24-18-22(19-12-6-3-7-13-19)23(20-14-8-4-9-15-20)21-16-10-5-11-17-21/h3,6-7,12-13,18,20-21H,2,4-5,8-11,14-17H2,1H3/b22-18+. The van der Waals surface area contributed by atoms with E-state index in [1.165, 1.54) is 74.2 Å². The van der Waals surface area contributed by atoms with Gasteiger partial charge in [-0.05, 0) is 0 Å². The van der Waals surface area contributed by atoms with Crippen LogP contribution in [0.5, 0.6) is 0 Å². The predicted molar refractivity (Wildman–Crippen MR) is 110 cm³/mol. The summed E-state index contributed by atoms with van der Waals surface area (Å²) in [5.41, 5.74) is 3.30. The summed E-state index contributed by atoms with van der Waals surface area (Å²) >= 11 is 0.0365. The molecule has 0 aromatic heterocycles. The molecule has 0 spiro atoms. The molecular weight excluding hydrogens is 403 g/mol. The zero-order valence-corrected chi connectivity index (χ0v) is 17.7. The summed E-state index contributed by atoms with van der Waals surface area (Å²) in [7, 11) is 0.